The van der Waals surface area contributed by atoms with E-state index in [1.165, 1.54) is 12.1 Å². The lowest BCUT2D eigenvalue weighted by molar-refractivity contribution is -0.143. The van der Waals surface area contributed by atoms with Crippen LogP contribution in [-0.2, 0) is 11.3 Å². The van der Waals surface area contributed by atoms with Crippen molar-refractivity contribution in [2.75, 3.05) is 19.6 Å². The van der Waals surface area contributed by atoms with Gasteiger partial charge in [0.25, 0.3) is 0 Å². The maximum absolute atomic E-state index is 12.9. The van der Waals surface area contributed by atoms with E-state index >= 15 is 0 Å². The highest BCUT2D eigenvalue weighted by Crippen LogP contribution is 2.14. The molecule has 0 aromatic heterocycles. The summed E-state index contributed by atoms with van der Waals surface area (Å²) in [5, 5.41) is 9.02. The van der Waals surface area contributed by atoms with Crippen LogP contribution in [0.15, 0.2) is 24.3 Å². The molecule has 2 rings (SSSR count). The van der Waals surface area contributed by atoms with Crippen molar-refractivity contribution in [1.29, 1.82) is 0 Å². The number of benzene rings is 1. The molecule has 1 aromatic carbocycles. The summed E-state index contributed by atoms with van der Waals surface area (Å²) < 4.78 is 12.9. The smallest absolute Gasteiger partial charge is 0.320 e. The van der Waals surface area contributed by atoms with Gasteiger partial charge in [-0.1, -0.05) is 12.1 Å². The van der Waals surface area contributed by atoms with Crippen LogP contribution in [0.5, 0.6) is 0 Å². The number of nitrogens with two attached hydrogens (primary N) is 1. The number of aliphatic carboxylic acids is 1. The van der Waals surface area contributed by atoms with Crippen molar-refractivity contribution in [3.8, 4) is 0 Å². The summed E-state index contributed by atoms with van der Waals surface area (Å²) in [6, 6.07) is 5.84. The zero-order valence-electron chi connectivity index (χ0n) is 11.5. The predicted octanol–water partition coefficient (Wildman–Crippen LogP) is 0.701. The lowest BCUT2D eigenvalue weighted by atomic mass is 10.1. The number of piperazine rings is 1. The van der Waals surface area contributed by atoms with Gasteiger partial charge in [-0.2, -0.15) is 0 Å². The van der Waals surface area contributed by atoms with Crippen LogP contribution in [0.3, 0.4) is 0 Å². The maximum Gasteiger partial charge on any atom is 0.320 e. The van der Waals surface area contributed by atoms with Crippen LogP contribution < -0.4 is 5.73 Å². The Morgan fingerprint density at radius 1 is 1.45 bits per heavy atom. The van der Waals surface area contributed by atoms with Gasteiger partial charge >= 0.3 is 5.97 Å². The van der Waals surface area contributed by atoms with Gasteiger partial charge in [-0.25, -0.2) is 4.39 Å². The van der Waals surface area contributed by atoms with Crippen molar-refractivity contribution >= 4 is 5.97 Å². The second kappa shape index (κ2) is 6.30. The topological polar surface area (TPSA) is 69.8 Å². The molecule has 2 atom stereocenters. The van der Waals surface area contributed by atoms with Crippen molar-refractivity contribution in [3.63, 3.8) is 0 Å². The molecule has 1 aliphatic rings. The SMILES string of the molecule is CC(C(=O)O)N1CCN(Cc2ccc(F)cc2)C(N)C1. The second-order valence-electron chi connectivity index (χ2n) is 5.17. The van der Waals surface area contributed by atoms with Crippen molar-refractivity contribution in [2.24, 2.45) is 5.73 Å². The van der Waals surface area contributed by atoms with E-state index in [1.54, 1.807) is 19.1 Å². The summed E-state index contributed by atoms with van der Waals surface area (Å²) in [6.45, 7) is 4.22. The van der Waals surface area contributed by atoms with E-state index in [0.717, 1.165) is 5.56 Å². The van der Waals surface area contributed by atoms with Crippen LogP contribution in [0.25, 0.3) is 0 Å². The Kier molecular flexibility index (Phi) is 4.69. The number of halogens is 1. The Labute approximate surface area is 117 Å². The fourth-order valence-electron chi connectivity index (χ4n) is 2.40. The molecule has 6 heteroatoms. The van der Waals surface area contributed by atoms with Gasteiger partial charge in [-0.15, -0.1) is 0 Å². The van der Waals surface area contributed by atoms with Crippen molar-refractivity contribution in [3.05, 3.63) is 35.6 Å². The first-order valence-corrected chi connectivity index (χ1v) is 6.68. The van der Waals surface area contributed by atoms with Crippen LogP contribution in [-0.4, -0.2) is 52.7 Å². The summed E-state index contributed by atoms with van der Waals surface area (Å²) in [6.07, 6.45) is -0.212. The third-order valence-electron chi connectivity index (χ3n) is 3.77. The largest absolute Gasteiger partial charge is 0.480 e. The first kappa shape index (κ1) is 14.9. The maximum atomic E-state index is 12.9. The van der Waals surface area contributed by atoms with E-state index in [0.29, 0.717) is 26.2 Å². The summed E-state index contributed by atoms with van der Waals surface area (Å²) >= 11 is 0. The van der Waals surface area contributed by atoms with Crippen LogP contribution in [0.4, 0.5) is 4.39 Å². The number of hydrogen-bond donors (Lipinski definition) is 2. The number of carbonyl (C=O) groups is 1. The normalized spacial score (nSPS) is 22.6. The fraction of sp³-hybridized carbons (Fsp3) is 0.500. The van der Waals surface area contributed by atoms with Gasteiger partial charge in [0.2, 0.25) is 0 Å². The molecular formula is C14H20FN3O2. The molecule has 0 aliphatic carbocycles. The first-order chi connectivity index (χ1) is 9.47. The van der Waals surface area contributed by atoms with Crippen LogP contribution in [0.1, 0.15) is 12.5 Å². The zero-order chi connectivity index (χ0) is 14.7. The molecular weight excluding hydrogens is 261 g/mol. The van der Waals surface area contributed by atoms with Gasteiger partial charge in [0, 0.05) is 26.2 Å². The summed E-state index contributed by atoms with van der Waals surface area (Å²) in [7, 11) is 0. The van der Waals surface area contributed by atoms with Crippen molar-refractivity contribution in [1.82, 2.24) is 9.80 Å². The molecule has 1 aromatic rings. The van der Waals surface area contributed by atoms with Crippen molar-refractivity contribution in [2.45, 2.75) is 25.7 Å². The van der Waals surface area contributed by atoms with Gasteiger partial charge in [-0.05, 0) is 24.6 Å². The molecule has 3 N–H and O–H groups in total. The minimum absolute atomic E-state index is 0.212. The fourth-order valence-corrected chi connectivity index (χ4v) is 2.40. The van der Waals surface area contributed by atoms with Gasteiger partial charge in [-0.3, -0.25) is 14.6 Å². The van der Waals surface area contributed by atoms with Gasteiger partial charge in [0.05, 0.1) is 6.17 Å². The number of rotatable bonds is 4. The molecule has 0 spiro atoms. The third-order valence-corrected chi connectivity index (χ3v) is 3.77. The third kappa shape index (κ3) is 3.53. The Morgan fingerprint density at radius 3 is 2.65 bits per heavy atom. The average Bonchev–Trinajstić information content (AvgIpc) is 2.42. The molecule has 2 unspecified atom stereocenters. The standard InChI is InChI=1S/C14H20FN3O2/c1-10(14(19)20)17-6-7-18(13(16)9-17)8-11-2-4-12(15)5-3-11/h2-5,10,13H,6-9,16H2,1H3,(H,19,20). The molecule has 0 bridgehead atoms. The predicted molar refractivity (Wildman–Crippen MR) is 73.5 cm³/mol. The highest BCUT2D eigenvalue weighted by atomic mass is 19.1. The average molecular weight is 281 g/mol. The minimum atomic E-state index is -0.829. The molecule has 1 fully saturated rings. The highest BCUT2D eigenvalue weighted by Gasteiger charge is 2.29. The van der Waals surface area contributed by atoms with Crippen molar-refractivity contribution < 1.29 is 14.3 Å². The molecule has 0 radical (unpaired) electrons. The van der Waals surface area contributed by atoms with E-state index in [1.807, 2.05) is 4.90 Å². The second-order valence-corrected chi connectivity index (χ2v) is 5.17. The Bertz CT molecular complexity index is 466. The first-order valence-electron chi connectivity index (χ1n) is 6.68. The number of hydrogen-bond acceptors (Lipinski definition) is 4. The minimum Gasteiger partial charge on any atom is -0.480 e. The van der Waals surface area contributed by atoms with Crippen LogP contribution in [0, 0.1) is 5.82 Å². The van der Waals surface area contributed by atoms with Gasteiger partial charge in [0.15, 0.2) is 0 Å². The molecule has 0 saturated carbocycles. The van der Waals surface area contributed by atoms with Gasteiger partial charge in [0.1, 0.15) is 11.9 Å². The molecule has 5 nitrogen and oxygen atoms in total. The summed E-state index contributed by atoms with van der Waals surface area (Å²) in [4.78, 5) is 14.9. The number of carboxylic acid groups (broad SMARTS) is 1. The molecule has 0 amide bonds. The number of carboxylic acids is 1. The Morgan fingerprint density at radius 2 is 2.10 bits per heavy atom. The molecule has 1 aliphatic heterocycles. The van der Waals surface area contributed by atoms with E-state index in [4.69, 9.17) is 10.8 Å². The Balaban J connectivity index is 1.93. The summed E-state index contributed by atoms with van der Waals surface area (Å²) in [5.41, 5.74) is 7.10. The Hall–Kier alpha value is -1.50. The zero-order valence-corrected chi connectivity index (χ0v) is 11.5. The van der Waals surface area contributed by atoms with Gasteiger partial charge < -0.3 is 10.8 Å². The number of nitrogens with zero attached hydrogens (tertiary/aromatic N) is 2. The lowest BCUT2D eigenvalue weighted by Crippen LogP contribution is -2.59. The van der Waals surface area contributed by atoms with E-state index < -0.39 is 12.0 Å². The van der Waals surface area contributed by atoms with Crippen LogP contribution >= 0.6 is 0 Å². The molecule has 1 heterocycles. The lowest BCUT2D eigenvalue weighted by Gasteiger charge is -2.41. The highest BCUT2D eigenvalue weighted by molar-refractivity contribution is 5.72. The quantitative estimate of drug-likeness (QED) is 0.850. The van der Waals surface area contributed by atoms with Crippen LogP contribution in [0.2, 0.25) is 0 Å². The van der Waals surface area contributed by atoms with E-state index in [2.05, 4.69) is 4.90 Å². The van der Waals surface area contributed by atoms with E-state index in [9.17, 15) is 9.18 Å². The summed E-state index contributed by atoms with van der Waals surface area (Å²) in [5.74, 6) is -1.08. The van der Waals surface area contributed by atoms with E-state index in [-0.39, 0.29) is 12.0 Å². The monoisotopic (exact) mass is 281 g/mol. The molecule has 110 valence electrons. The molecule has 1 saturated heterocycles. The molecule has 20 heavy (non-hydrogen) atoms.